The molecule has 0 spiro atoms. The highest BCUT2D eigenvalue weighted by Gasteiger charge is 2.30. The van der Waals surface area contributed by atoms with Crippen LogP contribution in [-0.2, 0) is 21.4 Å². The number of carbonyl (C=O) groups excluding carboxylic acids is 1. The minimum absolute atomic E-state index is 0.0359. The molecule has 1 aliphatic rings. The lowest BCUT2D eigenvalue weighted by Gasteiger charge is -2.34. The summed E-state index contributed by atoms with van der Waals surface area (Å²) in [7, 11) is -3.66. The van der Waals surface area contributed by atoms with Gasteiger partial charge in [0.05, 0.1) is 14.9 Å². The minimum atomic E-state index is -3.66. The highest BCUT2D eigenvalue weighted by atomic mass is 35.5. The van der Waals surface area contributed by atoms with Gasteiger partial charge in [-0.15, -0.1) is 0 Å². The monoisotopic (exact) mass is 430 g/mol. The molecular weight excluding hydrogens is 411 g/mol. The van der Waals surface area contributed by atoms with Crippen molar-refractivity contribution in [1.29, 1.82) is 0 Å². The van der Waals surface area contributed by atoms with Crippen molar-refractivity contribution in [3.63, 3.8) is 0 Å². The predicted molar refractivity (Wildman–Crippen MR) is 103 cm³/mol. The quantitative estimate of drug-likeness (QED) is 0.705. The number of rotatable bonds is 6. The molecule has 10 heteroatoms. The molecule has 2 heterocycles. The van der Waals surface area contributed by atoms with Crippen molar-refractivity contribution in [3.8, 4) is 0 Å². The number of hydrogen-bond donors (Lipinski definition) is 0. The first-order valence-corrected chi connectivity index (χ1v) is 10.8. The standard InChI is InChI=1S/C17H20Cl2N4O3S/c18-15-5-4-14(13-16(15)19)27(25,26)23-11-9-21(10-12-23)17(24)3-1-7-22-8-2-6-20-22/h2,4-6,8,13H,1,3,7,9-12H2. The molecule has 0 aliphatic carbocycles. The van der Waals surface area contributed by atoms with Crippen LogP contribution in [0.3, 0.4) is 0 Å². The maximum absolute atomic E-state index is 12.7. The zero-order valence-corrected chi connectivity index (χ0v) is 16.9. The summed E-state index contributed by atoms with van der Waals surface area (Å²) in [5.74, 6) is 0.0359. The van der Waals surface area contributed by atoms with Gasteiger partial charge in [-0.05, 0) is 30.7 Å². The third-order valence-electron chi connectivity index (χ3n) is 4.46. The van der Waals surface area contributed by atoms with E-state index in [1.165, 1.54) is 22.5 Å². The largest absolute Gasteiger partial charge is 0.340 e. The summed E-state index contributed by atoms with van der Waals surface area (Å²) in [6.07, 6.45) is 4.67. The molecule has 146 valence electrons. The van der Waals surface area contributed by atoms with Crippen molar-refractivity contribution in [1.82, 2.24) is 19.0 Å². The number of nitrogens with zero attached hydrogens (tertiary/aromatic N) is 4. The second-order valence-corrected chi connectivity index (χ2v) is 8.99. The average Bonchev–Trinajstić information content (AvgIpc) is 3.17. The van der Waals surface area contributed by atoms with Crippen molar-refractivity contribution >= 4 is 39.1 Å². The molecule has 1 aliphatic heterocycles. The van der Waals surface area contributed by atoms with Crippen LogP contribution < -0.4 is 0 Å². The Hall–Kier alpha value is -1.61. The van der Waals surface area contributed by atoms with E-state index in [1.807, 2.05) is 12.3 Å². The first-order chi connectivity index (χ1) is 12.9. The maximum atomic E-state index is 12.7. The van der Waals surface area contributed by atoms with Crippen LogP contribution in [-0.4, -0.2) is 59.5 Å². The van der Waals surface area contributed by atoms with Crippen LogP contribution >= 0.6 is 23.2 Å². The van der Waals surface area contributed by atoms with E-state index in [-0.39, 0.29) is 28.9 Å². The van der Waals surface area contributed by atoms with E-state index in [0.717, 1.165) is 0 Å². The van der Waals surface area contributed by atoms with Gasteiger partial charge >= 0.3 is 0 Å². The first kappa shape index (κ1) is 20.1. The number of benzene rings is 1. The van der Waals surface area contributed by atoms with E-state index in [2.05, 4.69) is 5.10 Å². The van der Waals surface area contributed by atoms with E-state index >= 15 is 0 Å². The fourth-order valence-corrected chi connectivity index (χ4v) is 4.76. The molecule has 0 bridgehead atoms. The molecule has 0 atom stereocenters. The fourth-order valence-electron chi connectivity index (χ4n) is 2.95. The summed E-state index contributed by atoms with van der Waals surface area (Å²) >= 11 is 11.8. The zero-order chi connectivity index (χ0) is 19.4. The molecule has 1 aromatic carbocycles. The van der Waals surface area contributed by atoms with Gasteiger partial charge in [0, 0.05) is 51.5 Å². The fraction of sp³-hybridized carbons (Fsp3) is 0.412. The molecule has 0 N–H and O–H groups in total. The highest BCUT2D eigenvalue weighted by Crippen LogP contribution is 2.27. The molecule has 0 saturated carbocycles. The molecular formula is C17H20Cl2N4O3S. The molecule has 0 radical (unpaired) electrons. The van der Waals surface area contributed by atoms with Gasteiger partial charge < -0.3 is 4.90 Å². The summed E-state index contributed by atoms with van der Waals surface area (Å²) in [5, 5.41) is 4.61. The average molecular weight is 431 g/mol. The molecule has 3 rings (SSSR count). The van der Waals surface area contributed by atoms with Crippen molar-refractivity contribution in [2.24, 2.45) is 0 Å². The SMILES string of the molecule is O=C(CCCn1cccn1)N1CCN(S(=O)(=O)c2ccc(Cl)c(Cl)c2)CC1. The van der Waals surface area contributed by atoms with E-state index < -0.39 is 10.0 Å². The van der Waals surface area contributed by atoms with Gasteiger partial charge in [0.25, 0.3) is 0 Å². The van der Waals surface area contributed by atoms with E-state index in [1.54, 1.807) is 15.8 Å². The number of carbonyl (C=O) groups is 1. The summed E-state index contributed by atoms with van der Waals surface area (Å²) in [5.41, 5.74) is 0. The van der Waals surface area contributed by atoms with Crippen molar-refractivity contribution in [3.05, 3.63) is 46.7 Å². The van der Waals surface area contributed by atoms with Crippen LogP contribution in [0.4, 0.5) is 0 Å². The third-order valence-corrected chi connectivity index (χ3v) is 7.09. The van der Waals surface area contributed by atoms with E-state index in [4.69, 9.17) is 23.2 Å². The highest BCUT2D eigenvalue weighted by molar-refractivity contribution is 7.89. The third kappa shape index (κ3) is 4.82. The Morgan fingerprint density at radius 3 is 2.48 bits per heavy atom. The Labute approximate surface area is 168 Å². The summed E-state index contributed by atoms with van der Waals surface area (Å²) < 4.78 is 28.6. The van der Waals surface area contributed by atoms with E-state index in [9.17, 15) is 13.2 Å². The molecule has 0 unspecified atom stereocenters. The number of piperazine rings is 1. The van der Waals surface area contributed by atoms with Crippen molar-refractivity contribution in [2.75, 3.05) is 26.2 Å². The first-order valence-electron chi connectivity index (χ1n) is 8.58. The molecule has 2 aromatic rings. The Bertz CT molecular complexity index is 895. The van der Waals surface area contributed by atoms with Gasteiger partial charge in [-0.2, -0.15) is 9.40 Å². The number of aromatic nitrogens is 2. The van der Waals surface area contributed by atoms with Gasteiger partial charge in [0.1, 0.15) is 0 Å². The molecule has 7 nitrogen and oxygen atoms in total. The minimum Gasteiger partial charge on any atom is -0.340 e. The molecule has 27 heavy (non-hydrogen) atoms. The van der Waals surface area contributed by atoms with Gasteiger partial charge in [-0.1, -0.05) is 23.2 Å². The second kappa shape index (κ2) is 8.60. The van der Waals surface area contributed by atoms with Gasteiger partial charge in [0.2, 0.25) is 15.9 Å². The molecule has 1 aromatic heterocycles. The van der Waals surface area contributed by atoms with Gasteiger partial charge in [-0.3, -0.25) is 9.48 Å². The van der Waals surface area contributed by atoms with Crippen LogP contribution in [0.5, 0.6) is 0 Å². The second-order valence-electron chi connectivity index (χ2n) is 6.23. The lowest BCUT2D eigenvalue weighted by molar-refractivity contribution is -0.132. The van der Waals surface area contributed by atoms with Gasteiger partial charge in [0.15, 0.2) is 0 Å². The van der Waals surface area contributed by atoms with Crippen LogP contribution in [0.2, 0.25) is 10.0 Å². The summed E-state index contributed by atoms with van der Waals surface area (Å²) in [6, 6.07) is 6.11. The number of hydrogen-bond acceptors (Lipinski definition) is 4. The van der Waals surface area contributed by atoms with Crippen molar-refractivity contribution < 1.29 is 13.2 Å². The lowest BCUT2D eigenvalue weighted by atomic mass is 10.2. The molecule has 1 fully saturated rings. The van der Waals surface area contributed by atoms with Crippen LogP contribution in [0.25, 0.3) is 0 Å². The summed E-state index contributed by atoms with van der Waals surface area (Å²) in [6.45, 7) is 1.95. The smallest absolute Gasteiger partial charge is 0.243 e. The zero-order valence-electron chi connectivity index (χ0n) is 14.6. The lowest BCUT2D eigenvalue weighted by Crippen LogP contribution is -2.50. The Morgan fingerprint density at radius 1 is 1.11 bits per heavy atom. The Balaban J connectivity index is 1.53. The topological polar surface area (TPSA) is 75.5 Å². The van der Waals surface area contributed by atoms with Crippen LogP contribution in [0.15, 0.2) is 41.6 Å². The van der Waals surface area contributed by atoms with E-state index in [0.29, 0.717) is 37.5 Å². The Kier molecular flexibility index (Phi) is 6.41. The van der Waals surface area contributed by atoms with Crippen LogP contribution in [0, 0.1) is 0 Å². The number of aryl methyl sites for hydroxylation is 1. The normalized spacial score (nSPS) is 15.9. The Morgan fingerprint density at radius 2 is 1.85 bits per heavy atom. The van der Waals surface area contributed by atoms with Crippen molar-refractivity contribution in [2.45, 2.75) is 24.3 Å². The number of halogens is 2. The predicted octanol–water partition coefficient (Wildman–Crippen LogP) is 2.50. The summed E-state index contributed by atoms with van der Waals surface area (Å²) in [4.78, 5) is 14.2. The maximum Gasteiger partial charge on any atom is 0.243 e. The van der Waals surface area contributed by atoms with Crippen LogP contribution in [0.1, 0.15) is 12.8 Å². The molecule has 1 amide bonds. The van der Waals surface area contributed by atoms with Gasteiger partial charge in [-0.25, -0.2) is 8.42 Å². The molecule has 1 saturated heterocycles. The number of sulfonamides is 1. The number of amides is 1.